The second-order valence-corrected chi connectivity index (χ2v) is 5.44. The molecule has 6 nitrogen and oxygen atoms in total. The lowest BCUT2D eigenvalue weighted by Gasteiger charge is -2.07. The molecule has 1 heterocycles. The number of nitrogens with one attached hydrogen (secondary N) is 1. The van der Waals surface area contributed by atoms with E-state index < -0.39 is 11.5 Å². The first kappa shape index (κ1) is 14.3. The van der Waals surface area contributed by atoms with Crippen molar-refractivity contribution < 1.29 is 9.53 Å². The molecule has 0 radical (unpaired) electrons. The molecule has 0 atom stereocenters. The van der Waals surface area contributed by atoms with Gasteiger partial charge in [-0.05, 0) is 36.6 Å². The van der Waals surface area contributed by atoms with Gasteiger partial charge in [-0.15, -0.1) is 0 Å². The van der Waals surface area contributed by atoms with Crippen molar-refractivity contribution in [2.45, 2.75) is 19.3 Å². The standard InChI is InChI=1S/C16H17N3O3/c17-14(20)13-9-18-15(19-16(13)21)11-3-5-12(6-4-11)22-8-7-10-1-2-10/h3-6,9-10H,1-2,7-8H2,(H2,17,20)(H,18,19,21). The molecular weight excluding hydrogens is 282 g/mol. The molecule has 114 valence electrons. The van der Waals surface area contributed by atoms with Gasteiger partial charge in [0.2, 0.25) is 0 Å². The second kappa shape index (κ2) is 6.01. The average Bonchev–Trinajstić information content (AvgIpc) is 3.32. The predicted molar refractivity (Wildman–Crippen MR) is 81.6 cm³/mol. The molecule has 3 N–H and O–H groups in total. The lowest BCUT2D eigenvalue weighted by molar-refractivity contribution is 0.0998. The number of rotatable bonds is 6. The van der Waals surface area contributed by atoms with Crippen LogP contribution in [-0.4, -0.2) is 22.5 Å². The third-order valence-electron chi connectivity index (χ3n) is 3.68. The Labute approximate surface area is 127 Å². The van der Waals surface area contributed by atoms with Crippen molar-refractivity contribution in [1.82, 2.24) is 9.97 Å². The molecule has 0 unspecified atom stereocenters. The molecule has 0 saturated heterocycles. The van der Waals surface area contributed by atoms with Gasteiger partial charge in [-0.2, -0.15) is 0 Å². The van der Waals surface area contributed by atoms with Gasteiger partial charge < -0.3 is 15.5 Å². The van der Waals surface area contributed by atoms with Gasteiger partial charge in [0.05, 0.1) is 6.61 Å². The summed E-state index contributed by atoms with van der Waals surface area (Å²) >= 11 is 0. The van der Waals surface area contributed by atoms with Crippen molar-refractivity contribution in [3.63, 3.8) is 0 Å². The summed E-state index contributed by atoms with van der Waals surface area (Å²) in [4.78, 5) is 29.3. The van der Waals surface area contributed by atoms with Gasteiger partial charge in [-0.1, -0.05) is 12.8 Å². The predicted octanol–water partition coefficient (Wildman–Crippen LogP) is 1.71. The second-order valence-electron chi connectivity index (χ2n) is 5.44. The van der Waals surface area contributed by atoms with Crippen molar-refractivity contribution in [3.05, 3.63) is 46.4 Å². The summed E-state index contributed by atoms with van der Waals surface area (Å²) in [5.41, 5.74) is 5.13. The number of hydrogen-bond acceptors (Lipinski definition) is 4. The highest BCUT2D eigenvalue weighted by molar-refractivity contribution is 5.92. The third kappa shape index (κ3) is 3.33. The van der Waals surface area contributed by atoms with Crippen molar-refractivity contribution in [2.75, 3.05) is 6.61 Å². The fourth-order valence-corrected chi connectivity index (χ4v) is 2.18. The van der Waals surface area contributed by atoms with Crippen LogP contribution in [-0.2, 0) is 0 Å². The maximum atomic E-state index is 11.7. The number of amides is 1. The van der Waals surface area contributed by atoms with E-state index in [9.17, 15) is 9.59 Å². The first-order chi connectivity index (χ1) is 10.6. The molecule has 1 amide bonds. The Morgan fingerprint density at radius 1 is 1.32 bits per heavy atom. The molecule has 0 spiro atoms. The first-order valence-electron chi connectivity index (χ1n) is 7.26. The highest BCUT2D eigenvalue weighted by Gasteiger charge is 2.20. The third-order valence-corrected chi connectivity index (χ3v) is 3.68. The first-order valence-corrected chi connectivity index (χ1v) is 7.26. The lowest BCUT2D eigenvalue weighted by atomic mass is 10.2. The maximum Gasteiger partial charge on any atom is 0.264 e. The molecule has 1 aromatic carbocycles. The SMILES string of the molecule is NC(=O)c1cnc(-c2ccc(OCCC3CC3)cc2)[nH]c1=O. The minimum absolute atomic E-state index is 0.149. The molecule has 1 saturated carbocycles. The number of benzene rings is 1. The molecule has 0 bridgehead atoms. The van der Waals surface area contributed by atoms with E-state index in [0.29, 0.717) is 5.82 Å². The monoisotopic (exact) mass is 299 g/mol. The van der Waals surface area contributed by atoms with Crippen LogP contribution in [0.3, 0.4) is 0 Å². The number of aromatic nitrogens is 2. The fourth-order valence-electron chi connectivity index (χ4n) is 2.18. The van der Waals surface area contributed by atoms with E-state index in [4.69, 9.17) is 10.5 Å². The zero-order valence-corrected chi connectivity index (χ0v) is 12.0. The molecule has 0 aliphatic heterocycles. The van der Waals surface area contributed by atoms with Crippen LogP contribution >= 0.6 is 0 Å². The number of carbonyl (C=O) groups is 1. The number of H-pyrrole nitrogens is 1. The van der Waals surface area contributed by atoms with Gasteiger partial charge in [-0.3, -0.25) is 9.59 Å². The molecule has 1 aliphatic carbocycles. The molecule has 2 aromatic rings. The van der Waals surface area contributed by atoms with Crippen LogP contribution in [0.1, 0.15) is 29.6 Å². The van der Waals surface area contributed by atoms with E-state index in [1.165, 1.54) is 19.0 Å². The molecule has 6 heteroatoms. The van der Waals surface area contributed by atoms with Gasteiger partial charge in [0.1, 0.15) is 17.1 Å². The largest absolute Gasteiger partial charge is 0.494 e. The van der Waals surface area contributed by atoms with Crippen molar-refractivity contribution >= 4 is 5.91 Å². The van der Waals surface area contributed by atoms with Crippen LogP contribution in [0.25, 0.3) is 11.4 Å². The number of ether oxygens (including phenoxy) is 1. The average molecular weight is 299 g/mol. The summed E-state index contributed by atoms with van der Waals surface area (Å²) in [6.45, 7) is 0.729. The minimum Gasteiger partial charge on any atom is -0.494 e. The smallest absolute Gasteiger partial charge is 0.264 e. The number of hydrogen-bond donors (Lipinski definition) is 2. The van der Waals surface area contributed by atoms with Crippen LogP contribution in [0.4, 0.5) is 0 Å². The number of primary amides is 1. The summed E-state index contributed by atoms with van der Waals surface area (Å²) in [7, 11) is 0. The van der Waals surface area contributed by atoms with E-state index in [2.05, 4.69) is 9.97 Å². The Bertz CT molecular complexity index is 733. The van der Waals surface area contributed by atoms with Gasteiger partial charge >= 0.3 is 0 Å². The number of aromatic amines is 1. The van der Waals surface area contributed by atoms with Crippen LogP contribution < -0.4 is 16.0 Å². The Morgan fingerprint density at radius 2 is 2.05 bits per heavy atom. The molecule has 1 aromatic heterocycles. The zero-order chi connectivity index (χ0) is 15.5. The topological polar surface area (TPSA) is 98.1 Å². The number of nitrogens with two attached hydrogens (primary N) is 1. The van der Waals surface area contributed by atoms with Crippen molar-refractivity contribution in [2.24, 2.45) is 11.7 Å². The van der Waals surface area contributed by atoms with Crippen molar-refractivity contribution in [3.8, 4) is 17.1 Å². The van der Waals surface area contributed by atoms with Gasteiger partial charge in [0.15, 0.2) is 0 Å². The van der Waals surface area contributed by atoms with Gasteiger partial charge in [0.25, 0.3) is 11.5 Å². The quantitative estimate of drug-likeness (QED) is 0.848. The van der Waals surface area contributed by atoms with Crippen molar-refractivity contribution in [1.29, 1.82) is 0 Å². The van der Waals surface area contributed by atoms with E-state index >= 15 is 0 Å². The van der Waals surface area contributed by atoms with Crippen LogP contribution in [0.15, 0.2) is 35.3 Å². The van der Waals surface area contributed by atoms with E-state index in [-0.39, 0.29) is 5.56 Å². The normalized spacial score (nSPS) is 13.8. The van der Waals surface area contributed by atoms with Crippen LogP contribution in [0, 0.1) is 5.92 Å². The van der Waals surface area contributed by atoms with E-state index in [1.807, 2.05) is 24.3 Å². The Kier molecular flexibility index (Phi) is 3.91. The number of nitrogens with zero attached hydrogens (tertiary/aromatic N) is 1. The molecule has 3 rings (SSSR count). The zero-order valence-electron chi connectivity index (χ0n) is 12.0. The highest BCUT2D eigenvalue weighted by Crippen LogP contribution is 2.32. The van der Waals surface area contributed by atoms with E-state index in [0.717, 1.165) is 30.3 Å². The summed E-state index contributed by atoms with van der Waals surface area (Å²) in [5, 5.41) is 0. The summed E-state index contributed by atoms with van der Waals surface area (Å²) < 4.78 is 5.67. The number of carbonyl (C=O) groups excluding carboxylic acids is 1. The van der Waals surface area contributed by atoms with Crippen LogP contribution in [0.2, 0.25) is 0 Å². The van der Waals surface area contributed by atoms with Gasteiger partial charge in [-0.25, -0.2) is 4.98 Å². The van der Waals surface area contributed by atoms with E-state index in [1.54, 1.807) is 0 Å². The van der Waals surface area contributed by atoms with Crippen LogP contribution in [0.5, 0.6) is 5.75 Å². The molecular formula is C16H17N3O3. The molecule has 1 fully saturated rings. The maximum absolute atomic E-state index is 11.7. The Morgan fingerprint density at radius 3 is 2.64 bits per heavy atom. The van der Waals surface area contributed by atoms with Gasteiger partial charge in [0, 0.05) is 11.8 Å². The fraction of sp³-hybridized carbons (Fsp3) is 0.312. The molecule has 1 aliphatic rings. The molecule has 22 heavy (non-hydrogen) atoms. The lowest BCUT2D eigenvalue weighted by Crippen LogP contribution is -2.24. The highest BCUT2D eigenvalue weighted by atomic mass is 16.5. The Hall–Kier alpha value is -2.63. The summed E-state index contributed by atoms with van der Waals surface area (Å²) in [6.07, 6.45) is 4.94. The minimum atomic E-state index is -0.792. The summed E-state index contributed by atoms with van der Waals surface area (Å²) in [5.74, 6) is 1.23. The summed E-state index contributed by atoms with van der Waals surface area (Å²) in [6, 6.07) is 7.30. The Balaban J connectivity index is 1.70.